The molecule has 0 amide bonds. The van der Waals surface area contributed by atoms with Gasteiger partial charge in [0.2, 0.25) is 0 Å². The van der Waals surface area contributed by atoms with Gasteiger partial charge in [0.25, 0.3) is 0 Å². The predicted molar refractivity (Wildman–Crippen MR) is 395 cm³/mol. The van der Waals surface area contributed by atoms with E-state index >= 15 is 0 Å². The molecule has 572 valence electrons. The van der Waals surface area contributed by atoms with Crippen molar-refractivity contribution in [2.75, 3.05) is 39.6 Å². The lowest BCUT2D eigenvalue weighted by Crippen LogP contribution is -2.30. The molecule has 0 bridgehead atoms. The predicted octanol–water partition coefficient (Wildman–Crippen LogP) is 23.0. The Balaban J connectivity index is 5.18. The first-order valence-electron chi connectivity index (χ1n) is 40.1. The van der Waals surface area contributed by atoms with Gasteiger partial charge in [-0.3, -0.25) is 37.3 Å². The molecular formula is C78H148O17P2. The molecule has 5 atom stereocenters. The van der Waals surface area contributed by atoms with Crippen LogP contribution in [0.25, 0.3) is 0 Å². The highest BCUT2D eigenvalue weighted by Crippen LogP contribution is 2.45. The monoisotopic (exact) mass is 1420 g/mol. The van der Waals surface area contributed by atoms with Crippen molar-refractivity contribution in [2.24, 2.45) is 0 Å². The van der Waals surface area contributed by atoms with Crippen LogP contribution in [0.4, 0.5) is 0 Å². The molecule has 0 heterocycles. The Kier molecular flexibility index (Phi) is 70.1. The van der Waals surface area contributed by atoms with Crippen molar-refractivity contribution in [3.8, 4) is 0 Å². The zero-order chi connectivity index (χ0) is 71.1. The van der Waals surface area contributed by atoms with Gasteiger partial charge in [-0.25, -0.2) is 9.13 Å². The first-order valence-corrected chi connectivity index (χ1v) is 43.1. The zero-order valence-electron chi connectivity index (χ0n) is 62.5. The van der Waals surface area contributed by atoms with Crippen LogP contribution in [0.1, 0.15) is 394 Å². The van der Waals surface area contributed by atoms with E-state index in [4.69, 9.17) is 37.0 Å². The second kappa shape index (κ2) is 71.9. The van der Waals surface area contributed by atoms with E-state index in [0.717, 1.165) is 122 Å². The molecule has 19 heteroatoms. The van der Waals surface area contributed by atoms with Crippen molar-refractivity contribution >= 4 is 39.5 Å². The maximum absolute atomic E-state index is 13.1. The number of hydrogen-bond donors (Lipinski definition) is 3. The Hall–Kier alpha value is -2.46. The molecule has 0 aromatic carbocycles. The minimum absolute atomic E-state index is 0.102. The highest BCUT2D eigenvalue weighted by atomic mass is 31.2. The maximum Gasteiger partial charge on any atom is 0.472 e. The van der Waals surface area contributed by atoms with Crippen LogP contribution in [0.5, 0.6) is 0 Å². The third kappa shape index (κ3) is 71.7. The molecule has 97 heavy (non-hydrogen) atoms. The van der Waals surface area contributed by atoms with E-state index < -0.39 is 97.5 Å². The fourth-order valence-corrected chi connectivity index (χ4v) is 13.1. The summed E-state index contributed by atoms with van der Waals surface area (Å²) in [6.07, 6.45) is 66.3. The van der Waals surface area contributed by atoms with Crippen molar-refractivity contribution in [3.05, 3.63) is 24.3 Å². The highest BCUT2D eigenvalue weighted by Gasteiger charge is 2.30. The standard InChI is InChI=1S/C78H148O17P2/c1-5-9-13-17-21-24-27-30-32-33-34-35-36-37-38-40-43-46-49-53-57-61-65-78(83)95-74(69-89-76(81)63-59-55-51-47-44-42-39-31-28-25-22-18-14-10-6-2)71-93-97(86,87)91-67-72(79)66-90-96(84,85)92-70-73(68-88-75(80)62-58-54-50-20-16-12-8-4)94-77(82)64-60-56-52-48-45-41-29-26-23-19-15-11-7-3/h25,28,31,39,72-74,79H,5-24,26-27,29-30,32-38,40-71H2,1-4H3,(H,84,85)(H,86,87)/b28-25-,39-31-/t72-,73+,74+/m0/s1. The number of esters is 4. The summed E-state index contributed by atoms with van der Waals surface area (Å²) < 4.78 is 68.4. The molecule has 0 fully saturated rings. The topological polar surface area (TPSA) is 237 Å². The summed E-state index contributed by atoms with van der Waals surface area (Å²) in [6, 6.07) is 0. The summed E-state index contributed by atoms with van der Waals surface area (Å²) in [4.78, 5) is 72.7. The van der Waals surface area contributed by atoms with Gasteiger partial charge in [-0.2, -0.15) is 0 Å². The van der Waals surface area contributed by atoms with E-state index in [-0.39, 0.29) is 25.7 Å². The van der Waals surface area contributed by atoms with Crippen LogP contribution in [-0.2, 0) is 65.4 Å². The van der Waals surface area contributed by atoms with Gasteiger partial charge in [0.1, 0.15) is 19.3 Å². The minimum atomic E-state index is -4.96. The number of ether oxygens (including phenoxy) is 4. The number of aliphatic hydroxyl groups excluding tert-OH is 1. The molecule has 0 aromatic heterocycles. The van der Waals surface area contributed by atoms with Crippen LogP contribution < -0.4 is 0 Å². The van der Waals surface area contributed by atoms with Crippen molar-refractivity contribution in [3.63, 3.8) is 0 Å². The summed E-state index contributed by atoms with van der Waals surface area (Å²) in [5.74, 6) is -2.15. The molecule has 17 nitrogen and oxygen atoms in total. The molecule has 2 unspecified atom stereocenters. The fraction of sp³-hybridized carbons (Fsp3) is 0.897. The van der Waals surface area contributed by atoms with Gasteiger partial charge in [0.05, 0.1) is 26.4 Å². The number of allylic oxidation sites excluding steroid dienone is 4. The summed E-state index contributed by atoms with van der Waals surface area (Å²) in [5, 5.41) is 10.6. The zero-order valence-corrected chi connectivity index (χ0v) is 64.3. The Morgan fingerprint density at radius 2 is 0.495 bits per heavy atom. The summed E-state index contributed by atoms with van der Waals surface area (Å²) in [7, 11) is -9.92. The third-order valence-corrected chi connectivity index (χ3v) is 19.6. The number of aliphatic hydroxyl groups is 1. The first-order chi connectivity index (χ1) is 47.2. The Labute approximate surface area is 592 Å². The van der Waals surface area contributed by atoms with Crippen LogP contribution in [0.3, 0.4) is 0 Å². The van der Waals surface area contributed by atoms with Crippen LogP contribution >= 0.6 is 15.6 Å². The van der Waals surface area contributed by atoms with Gasteiger partial charge >= 0.3 is 39.5 Å². The normalized spacial score (nSPS) is 14.0. The molecule has 0 rings (SSSR count). The summed E-state index contributed by atoms with van der Waals surface area (Å²) in [5.41, 5.74) is 0. The SMILES string of the molecule is CCCCCC/C=C\C=C/CCCCCCCC(=O)OC[C@H](COP(=O)(O)OC[C@@H](O)COP(=O)(O)OC[C@@H](COC(=O)CCCCCCCCC)OC(=O)CCCCCCCCCCCCCCC)OC(=O)CCCCCCCCCCCCCCCCCCCCCCCC. The first kappa shape index (κ1) is 94.5. The number of carbonyl (C=O) groups is 4. The molecule has 3 N–H and O–H groups in total. The van der Waals surface area contributed by atoms with Crippen molar-refractivity contribution in [2.45, 2.75) is 412 Å². The molecule has 0 radical (unpaired) electrons. The lowest BCUT2D eigenvalue weighted by molar-refractivity contribution is -0.161. The number of carbonyl (C=O) groups excluding carboxylic acids is 4. The van der Waals surface area contributed by atoms with Crippen molar-refractivity contribution in [1.82, 2.24) is 0 Å². The quantitative estimate of drug-likeness (QED) is 0.0169. The van der Waals surface area contributed by atoms with Gasteiger partial charge in [0.15, 0.2) is 12.2 Å². The second-order valence-electron chi connectivity index (χ2n) is 27.4. The summed E-state index contributed by atoms with van der Waals surface area (Å²) in [6.45, 7) is 4.89. The lowest BCUT2D eigenvalue weighted by Gasteiger charge is -2.21. The number of unbranched alkanes of at least 4 members (excludes halogenated alkanes) is 48. The van der Waals surface area contributed by atoms with Gasteiger partial charge in [0, 0.05) is 25.7 Å². The van der Waals surface area contributed by atoms with Crippen LogP contribution in [0, 0.1) is 0 Å². The van der Waals surface area contributed by atoms with E-state index in [1.54, 1.807) is 0 Å². The molecule has 0 aliphatic heterocycles. The van der Waals surface area contributed by atoms with E-state index in [1.165, 1.54) is 193 Å². The molecule has 0 aromatic rings. The maximum atomic E-state index is 13.1. The van der Waals surface area contributed by atoms with E-state index in [1.807, 2.05) is 0 Å². The molecule has 0 saturated carbocycles. The number of rotatable bonds is 77. The minimum Gasteiger partial charge on any atom is -0.462 e. The van der Waals surface area contributed by atoms with E-state index in [9.17, 15) is 43.2 Å². The van der Waals surface area contributed by atoms with Gasteiger partial charge < -0.3 is 33.8 Å². The average molecular weight is 1420 g/mol. The summed E-state index contributed by atoms with van der Waals surface area (Å²) >= 11 is 0. The van der Waals surface area contributed by atoms with Gasteiger partial charge in [-0.15, -0.1) is 0 Å². The number of hydrogen-bond acceptors (Lipinski definition) is 15. The molecule has 0 aliphatic rings. The molecule has 0 spiro atoms. The number of phosphoric ester groups is 2. The average Bonchev–Trinajstić information content (AvgIpc) is 1.02. The van der Waals surface area contributed by atoms with Crippen LogP contribution in [0.15, 0.2) is 24.3 Å². The molecule has 0 aliphatic carbocycles. The van der Waals surface area contributed by atoms with Crippen LogP contribution in [0.2, 0.25) is 0 Å². The van der Waals surface area contributed by atoms with Crippen molar-refractivity contribution in [1.29, 1.82) is 0 Å². The molecular weight excluding hydrogens is 1270 g/mol. The lowest BCUT2D eigenvalue weighted by atomic mass is 10.0. The van der Waals surface area contributed by atoms with E-state index in [0.29, 0.717) is 25.7 Å². The third-order valence-electron chi connectivity index (χ3n) is 17.7. The number of phosphoric acid groups is 2. The van der Waals surface area contributed by atoms with Gasteiger partial charge in [-0.1, -0.05) is 341 Å². The van der Waals surface area contributed by atoms with Crippen molar-refractivity contribution < 1.29 is 80.2 Å². The molecule has 0 saturated heterocycles. The van der Waals surface area contributed by atoms with Crippen LogP contribution in [-0.4, -0.2) is 96.7 Å². The van der Waals surface area contributed by atoms with E-state index in [2.05, 4.69) is 52.0 Å². The highest BCUT2D eigenvalue weighted by molar-refractivity contribution is 7.47. The van der Waals surface area contributed by atoms with Gasteiger partial charge in [-0.05, 0) is 51.4 Å². The Morgan fingerprint density at radius 3 is 0.753 bits per heavy atom. The Morgan fingerprint density at radius 1 is 0.289 bits per heavy atom. The second-order valence-corrected chi connectivity index (χ2v) is 30.3. The fourth-order valence-electron chi connectivity index (χ4n) is 11.6. The Bertz CT molecular complexity index is 1940. The largest absolute Gasteiger partial charge is 0.472 e. The smallest absolute Gasteiger partial charge is 0.462 e.